The standard InChI is InChI=1S/C20H18F3N3O3S/c21-14-1-4-16(5-2-14)30(28,29)26-9-7-13(8-10-26)20(27)25-19(12-24)17-6-3-15(22)11-18(17)23/h1-6,11,13,19H,7-10H2,(H,25,27). The molecule has 0 bridgehead atoms. The molecule has 0 aliphatic carbocycles. The van der Waals surface area contributed by atoms with Crippen molar-refractivity contribution in [2.24, 2.45) is 5.92 Å². The third-order valence-electron chi connectivity index (χ3n) is 4.97. The summed E-state index contributed by atoms with van der Waals surface area (Å²) in [5.74, 6) is -3.36. The average molecular weight is 437 g/mol. The second kappa shape index (κ2) is 8.85. The number of benzene rings is 2. The molecule has 1 amide bonds. The molecular weight excluding hydrogens is 419 g/mol. The molecule has 0 spiro atoms. The molecule has 2 aromatic rings. The molecule has 0 saturated carbocycles. The van der Waals surface area contributed by atoms with Crippen molar-refractivity contribution in [1.82, 2.24) is 9.62 Å². The normalized spacial score (nSPS) is 16.6. The number of nitriles is 1. The molecule has 0 radical (unpaired) electrons. The van der Waals surface area contributed by atoms with E-state index in [4.69, 9.17) is 0 Å². The number of carbonyl (C=O) groups is 1. The number of rotatable bonds is 5. The van der Waals surface area contributed by atoms with Crippen LogP contribution in [0, 0.1) is 34.7 Å². The first-order valence-corrected chi connectivity index (χ1v) is 10.6. The molecular formula is C20H18F3N3O3S. The van der Waals surface area contributed by atoms with Gasteiger partial charge in [-0.1, -0.05) is 6.07 Å². The summed E-state index contributed by atoms with van der Waals surface area (Å²) in [4.78, 5) is 12.5. The highest BCUT2D eigenvalue weighted by molar-refractivity contribution is 7.89. The maximum atomic E-state index is 13.9. The molecule has 1 N–H and O–H groups in total. The van der Waals surface area contributed by atoms with Gasteiger partial charge in [0.05, 0.1) is 11.0 Å². The molecule has 10 heteroatoms. The van der Waals surface area contributed by atoms with E-state index in [2.05, 4.69) is 5.32 Å². The summed E-state index contributed by atoms with van der Waals surface area (Å²) in [5.41, 5.74) is -0.149. The van der Waals surface area contributed by atoms with Crippen LogP contribution in [0.3, 0.4) is 0 Å². The quantitative estimate of drug-likeness (QED) is 0.779. The molecule has 1 unspecified atom stereocenters. The van der Waals surface area contributed by atoms with Gasteiger partial charge in [0, 0.05) is 30.6 Å². The third-order valence-corrected chi connectivity index (χ3v) is 6.88. The zero-order valence-electron chi connectivity index (χ0n) is 15.7. The molecule has 1 fully saturated rings. The summed E-state index contributed by atoms with van der Waals surface area (Å²) in [6, 6.07) is 7.68. The highest BCUT2D eigenvalue weighted by Crippen LogP contribution is 2.25. The Morgan fingerprint density at radius 1 is 1.07 bits per heavy atom. The van der Waals surface area contributed by atoms with E-state index in [1.165, 1.54) is 16.4 Å². The Balaban J connectivity index is 1.63. The van der Waals surface area contributed by atoms with Crippen LogP contribution in [0.15, 0.2) is 47.4 Å². The largest absolute Gasteiger partial charge is 0.336 e. The van der Waals surface area contributed by atoms with E-state index in [9.17, 15) is 31.6 Å². The second-order valence-electron chi connectivity index (χ2n) is 6.87. The van der Waals surface area contributed by atoms with E-state index in [1.807, 2.05) is 0 Å². The highest BCUT2D eigenvalue weighted by Gasteiger charge is 2.33. The first-order valence-electron chi connectivity index (χ1n) is 9.13. The van der Waals surface area contributed by atoms with Crippen molar-refractivity contribution in [3.8, 4) is 6.07 Å². The van der Waals surface area contributed by atoms with Crippen LogP contribution < -0.4 is 5.32 Å². The minimum Gasteiger partial charge on any atom is -0.336 e. The number of nitrogens with zero attached hydrogens (tertiary/aromatic N) is 2. The summed E-state index contributed by atoms with van der Waals surface area (Å²) in [7, 11) is -3.81. The Labute approximate surface area is 172 Å². The summed E-state index contributed by atoms with van der Waals surface area (Å²) < 4.78 is 66.5. The number of hydrogen-bond acceptors (Lipinski definition) is 4. The average Bonchev–Trinajstić information content (AvgIpc) is 2.72. The maximum absolute atomic E-state index is 13.9. The molecule has 2 aromatic carbocycles. The molecule has 1 aliphatic heterocycles. The van der Waals surface area contributed by atoms with Crippen molar-refractivity contribution >= 4 is 15.9 Å². The number of halogens is 3. The first-order chi connectivity index (χ1) is 14.2. The first kappa shape index (κ1) is 21.8. The highest BCUT2D eigenvalue weighted by atomic mass is 32.2. The zero-order valence-corrected chi connectivity index (χ0v) is 16.5. The maximum Gasteiger partial charge on any atom is 0.243 e. The minimum atomic E-state index is -3.81. The molecule has 1 heterocycles. The van der Waals surface area contributed by atoms with Gasteiger partial charge in [-0.3, -0.25) is 4.79 Å². The fourth-order valence-electron chi connectivity index (χ4n) is 3.29. The van der Waals surface area contributed by atoms with Crippen LogP contribution in [0.25, 0.3) is 0 Å². The minimum absolute atomic E-state index is 0.0388. The Morgan fingerprint density at radius 3 is 2.23 bits per heavy atom. The number of nitrogens with one attached hydrogen (secondary N) is 1. The van der Waals surface area contributed by atoms with Crippen molar-refractivity contribution in [2.45, 2.75) is 23.8 Å². The van der Waals surface area contributed by atoms with Gasteiger partial charge in [-0.05, 0) is 43.2 Å². The summed E-state index contributed by atoms with van der Waals surface area (Å²) in [6.45, 7) is 0.139. The molecule has 30 heavy (non-hydrogen) atoms. The van der Waals surface area contributed by atoms with Crippen molar-refractivity contribution < 1.29 is 26.4 Å². The third kappa shape index (κ3) is 4.63. The van der Waals surface area contributed by atoms with E-state index in [-0.39, 0.29) is 36.4 Å². The van der Waals surface area contributed by atoms with E-state index in [1.54, 1.807) is 6.07 Å². The van der Waals surface area contributed by atoms with E-state index in [0.717, 1.165) is 24.3 Å². The molecule has 158 valence electrons. The van der Waals surface area contributed by atoms with Gasteiger partial charge >= 0.3 is 0 Å². The van der Waals surface area contributed by atoms with E-state index < -0.39 is 45.3 Å². The fraction of sp³-hybridized carbons (Fsp3) is 0.300. The van der Waals surface area contributed by atoms with Crippen molar-refractivity contribution in [3.05, 3.63) is 65.5 Å². The topological polar surface area (TPSA) is 90.3 Å². The molecule has 6 nitrogen and oxygen atoms in total. The van der Waals surface area contributed by atoms with Gasteiger partial charge in [-0.15, -0.1) is 0 Å². The van der Waals surface area contributed by atoms with Crippen molar-refractivity contribution in [2.75, 3.05) is 13.1 Å². The Bertz CT molecular complexity index is 1080. The van der Waals surface area contributed by atoms with Gasteiger partial charge < -0.3 is 5.32 Å². The number of sulfonamides is 1. The predicted molar refractivity (Wildman–Crippen MR) is 101 cm³/mol. The van der Waals surface area contributed by atoms with Crippen molar-refractivity contribution in [3.63, 3.8) is 0 Å². The van der Waals surface area contributed by atoms with Crippen LogP contribution >= 0.6 is 0 Å². The molecule has 1 saturated heterocycles. The molecule has 1 atom stereocenters. The fourth-order valence-corrected chi connectivity index (χ4v) is 4.76. The zero-order chi connectivity index (χ0) is 21.9. The predicted octanol–water partition coefficient (Wildman–Crippen LogP) is 2.89. The van der Waals surface area contributed by atoms with Crippen LogP contribution in [0.1, 0.15) is 24.4 Å². The summed E-state index contributed by atoms with van der Waals surface area (Å²) >= 11 is 0. The monoisotopic (exact) mass is 437 g/mol. The number of amides is 1. The van der Waals surface area contributed by atoms with E-state index >= 15 is 0 Å². The lowest BCUT2D eigenvalue weighted by molar-refractivity contribution is -0.126. The molecule has 1 aliphatic rings. The molecule has 0 aromatic heterocycles. The van der Waals surface area contributed by atoms with Gasteiger partial charge in [-0.25, -0.2) is 21.6 Å². The van der Waals surface area contributed by atoms with Crippen LogP contribution in [0.4, 0.5) is 13.2 Å². The molecule has 3 rings (SSSR count). The summed E-state index contributed by atoms with van der Waals surface area (Å²) in [5, 5.41) is 11.7. The SMILES string of the molecule is N#CC(NC(=O)C1CCN(S(=O)(=O)c2ccc(F)cc2)CC1)c1ccc(F)cc1F. The van der Waals surface area contributed by atoms with Gasteiger partial charge in [0.2, 0.25) is 15.9 Å². The number of piperidine rings is 1. The van der Waals surface area contributed by atoms with Crippen LogP contribution in [0.2, 0.25) is 0 Å². The van der Waals surface area contributed by atoms with Gasteiger partial charge in [0.1, 0.15) is 23.5 Å². The van der Waals surface area contributed by atoms with Crippen LogP contribution in [-0.4, -0.2) is 31.7 Å². The van der Waals surface area contributed by atoms with Gasteiger partial charge in [0.15, 0.2) is 0 Å². The summed E-state index contributed by atoms with van der Waals surface area (Å²) in [6.07, 6.45) is 0.409. The lowest BCUT2D eigenvalue weighted by Gasteiger charge is -2.31. The number of carbonyl (C=O) groups excluding carboxylic acids is 1. The lowest BCUT2D eigenvalue weighted by Crippen LogP contribution is -2.43. The Morgan fingerprint density at radius 2 is 1.67 bits per heavy atom. The van der Waals surface area contributed by atoms with E-state index in [0.29, 0.717) is 6.07 Å². The lowest BCUT2D eigenvalue weighted by atomic mass is 9.96. The van der Waals surface area contributed by atoms with Crippen molar-refractivity contribution in [1.29, 1.82) is 5.26 Å². The second-order valence-corrected chi connectivity index (χ2v) is 8.81. The van der Waals surface area contributed by atoms with Gasteiger partial charge in [0.25, 0.3) is 0 Å². The smallest absolute Gasteiger partial charge is 0.243 e. The Kier molecular flexibility index (Phi) is 6.43. The van der Waals surface area contributed by atoms with Crippen LogP contribution in [-0.2, 0) is 14.8 Å². The number of hydrogen-bond donors (Lipinski definition) is 1. The Hall–Kier alpha value is -2.90. The van der Waals surface area contributed by atoms with Gasteiger partial charge in [-0.2, -0.15) is 9.57 Å². The van der Waals surface area contributed by atoms with Crippen LogP contribution in [0.5, 0.6) is 0 Å².